The van der Waals surface area contributed by atoms with Crippen molar-refractivity contribution in [2.45, 2.75) is 57.8 Å². The molecule has 0 unspecified atom stereocenters. The molecule has 0 N–H and O–H groups in total. The summed E-state index contributed by atoms with van der Waals surface area (Å²) in [5.41, 5.74) is 0. The molecule has 0 aromatic rings. The Kier molecular flexibility index (Phi) is 6.13. The fourth-order valence-electron chi connectivity index (χ4n) is 1.22. The Morgan fingerprint density at radius 3 is 2.29 bits per heavy atom. The van der Waals surface area contributed by atoms with Crippen LogP contribution in [-0.2, 0) is 14.0 Å². The number of hydrogen-bond acceptors (Lipinski definition) is 3. The maximum atomic E-state index is 11.3. The molecule has 0 aliphatic heterocycles. The van der Waals surface area contributed by atoms with Crippen molar-refractivity contribution in [2.75, 3.05) is 7.11 Å². The number of rotatable bonds is 6. The van der Waals surface area contributed by atoms with Crippen LogP contribution < -0.4 is 0 Å². The Balaban J connectivity index is 4.64. The highest BCUT2D eigenvalue weighted by molar-refractivity contribution is 6.74. The fourth-order valence-corrected chi connectivity index (χ4v) is 2.59. The number of methoxy groups -OCH3 is 1. The van der Waals surface area contributed by atoms with E-state index in [1.807, 2.05) is 0 Å². The van der Waals surface area contributed by atoms with Crippen LogP contribution in [-0.4, -0.2) is 27.5 Å². The number of ether oxygens (including phenoxy) is 1. The van der Waals surface area contributed by atoms with Crippen LogP contribution in [0.15, 0.2) is 12.7 Å². The highest BCUT2D eigenvalue weighted by atomic mass is 28.4. The molecule has 0 fully saturated rings. The first-order chi connectivity index (χ1) is 7.64. The second kappa shape index (κ2) is 6.35. The molecule has 0 rings (SSSR count). The first-order valence-electron chi connectivity index (χ1n) is 5.99. The monoisotopic (exact) mass is 258 g/mol. The van der Waals surface area contributed by atoms with Crippen LogP contribution in [0.25, 0.3) is 0 Å². The van der Waals surface area contributed by atoms with Gasteiger partial charge in [0.1, 0.15) is 0 Å². The van der Waals surface area contributed by atoms with Crippen LogP contribution in [0.4, 0.5) is 0 Å². The Hall–Kier alpha value is -0.613. The summed E-state index contributed by atoms with van der Waals surface area (Å²) in [6, 6.07) is 0. The Bertz CT molecular complexity index is 266. The highest BCUT2D eigenvalue weighted by Crippen LogP contribution is 2.38. The van der Waals surface area contributed by atoms with E-state index in [2.05, 4.69) is 45.2 Å². The van der Waals surface area contributed by atoms with Crippen molar-refractivity contribution in [1.82, 2.24) is 0 Å². The lowest BCUT2D eigenvalue weighted by atomic mass is 10.2. The van der Waals surface area contributed by atoms with E-state index in [0.717, 1.165) is 0 Å². The van der Waals surface area contributed by atoms with Crippen molar-refractivity contribution in [1.29, 1.82) is 0 Å². The van der Waals surface area contributed by atoms with E-state index in [9.17, 15) is 4.79 Å². The largest absolute Gasteiger partial charge is 0.469 e. The second-order valence-corrected chi connectivity index (χ2v) is 10.6. The van der Waals surface area contributed by atoms with Gasteiger partial charge >= 0.3 is 5.97 Å². The van der Waals surface area contributed by atoms with E-state index in [0.29, 0.717) is 12.8 Å². The Labute approximate surface area is 106 Å². The number of carbonyl (C=O) groups excluding carboxylic acids is 1. The second-order valence-electron chi connectivity index (χ2n) is 5.80. The molecule has 0 saturated carbocycles. The molecule has 1 atom stereocenters. The minimum atomic E-state index is -1.84. The smallest absolute Gasteiger partial charge is 0.308 e. The Morgan fingerprint density at radius 1 is 1.41 bits per heavy atom. The average Bonchev–Trinajstić information content (AvgIpc) is 2.15. The summed E-state index contributed by atoms with van der Waals surface area (Å²) in [6.45, 7) is 14.6. The van der Waals surface area contributed by atoms with Crippen molar-refractivity contribution in [3.63, 3.8) is 0 Å². The Morgan fingerprint density at radius 2 is 1.94 bits per heavy atom. The molecule has 0 radical (unpaired) electrons. The van der Waals surface area contributed by atoms with Gasteiger partial charge in [0.2, 0.25) is 0 Å². The summed E-state index contributed by atoms with van der Waals surface area (Å²) < 4.78 is 10.9. The van der Waals surface area contributed by atoms with Gasteiger partial charge in [0.25, 0.3) is 0 Å². The molecular formula is C13H26O3Si. The maximum Gasteiger partial charge on any atom is 0.308 e. The molecule has 3 nitrogen and oxygen atoms in total. The van der Waals surface area contributed by atoms with Gasteiger partial charge < -0.3 is 9.16 Å². The molecule has 0 amide bonds. The quantitative estimate of drug-likeness (QED) is 0.415. The van der Waals surface area contributed by atoms with E-state index < -0.39 is 8.32 Å². The van der Waals surface area contributed by atoms with Crippen LogP contribution in [0.2, 0.25) is 18.1 Å². The van der Waals surface area contributed by atoms with Crippen LogP contribution in [0.3, 0.4) is 0 Å². The summed E-state index contributed by atoms with van der Waals surface area (Å²) in [7, 11) is -0.438. The zero-order chi connectivity index (χ0) is 13.7. The van der Waals surface area contributed by atoms with E-state index >= 15 is 0 Å². The predicted molar refractivity (Wildman–Crippen MR) is 73.5 cm³/mol. The molecule has 0 saturated heterocycles. The summed E-state index contributed by atoms with van der Waals surface area (Å²) in [4.78, 5) is 11.3. The lowest BCUT2D eigenvalue weighted by molar-refractivity contribution is -0.142. The number of carbonyl (C=O) groups is 1. The number of esters is 1. The van der Waals surface area contributed by atoms with E-state index in [4.69, 9.17) is 4.43 Å². The maximum absolute atomic E-state index is 11.3. The number of hydrogen-bond donors (Lipinski definition) is 0. The molecule has 0 heterocycles. The third-order valence-electron chi connectivity index (χ3n) is 3.32. The van der Waals surface area contributed by atoms with Crippen molar-refractivity contribution in [3.8, 4) is 0 Å². The molecule has 100 valence electrons. The summed E-state index contributed by atoms with van der Waals surface area (Å²) >= 11 is 0. The zero-order valence-corrected chi connectivity index (χ0v) is 13.0. The van der Waals surface area contributed by atoms with E-state index in [1.54, 1.807) is 6.08 Å². The van der Waals surface area contributed by atoms with Crippen LogP contribution in [0.5, 0.6) is 0 Å². The van der Waals surface area contributed by atoms with Gasteiger partial charge in [-0.2, -0.15) is 0 Å². The lowest BCUT2D eigenvalue weighted by Gasteiger charge is -2.39. The predicted octanol–water partition coefficient (Wildman–Crippen LogP) is 3.52. The molecule has 0 aliphatic rings. The van der Waals surface area contributed by atoms with Gasteiger partial charge in [0, 0.05) is 0 Å². The highest BCUT2D eigenvalue weighted by Gasteiger charge is 2.39. The summed E-state index contributed by atoms with van der Waals surface area (Å²) in [5, 5.41) is 0.141. The van der Waals surface area contributed by atoms with E-state index in [1.165, 1.54) is 7.11 Å². The normalized spacial score (nSPS) is 14.2. The average molecular weight is 258 g/mol. The fraction of sp³-hybridized carbons (Fsp3) is 0.769. The van der Waals surface area contributed by atoms with Gasteiger partial charge in [-0.05, 0) is 24.6 Å². The summed E-state index contributed by atoms with van der Waals surface area (Å²) in [6.07, 6.45) is 2.66. The molecule has 0 aromatic heterocycles. The van der Waals surface area contributed by atoms with Gasteiger partial charge in [-0.3, -0.25) is 4.79 Å². The van der Waals surface area contributed by atoms with Crippen LogP contribution >= 0.6 is 0 Å². The van der Waals surface area contributed by atoms with Crippen LogP contribution in [0.1, 0.15) is 33.6 Å². The lowest BCUT2D eigenvalue weighted by Crippen LogP contribution is -2.44. The van der Waals surface area contributed by atoms with Crippen molar-refractivity contribution in [3.05, 3.63) is 12.7 Å². The first-order valence-corrected chi connectivity index (χ1v) is 8.90. The first kappa shape index (κ1) is 16.4. The zero-order valence-electron chi connectivity index (χ0n) is 12.0. The third-order valence-corrected chi connectivity index (χ3v) is 7.85. The van der Waals surface area contributed by atoms with E-state index in [-0.39, 0.29) is 17.1 Å². The molecule has 0 bridgehead atoms. The van der Waals surface area contributed by atoms with Crippen LogP contribution in [0, 0.1) is 0 Å². The van der Waals surface area contributed by atoms with Gasteiger partial charge in [0.15, 0.2) is 8.32 Å². The molecular weight excluding hydrogens is 232 g/mol. The third kappa shape index (κ3) is 5.50. The standard InChI is InChI=1S/C13H26O3Si/c1-8-9-11(10-12(14)15-5)16-17(6,7)13(2,3)4/h8,11H,1,9-10H2,2-7H3/t11-/m1/s1. The van der Waals surface area contributed by atoms with Gasteiger partial charge in [-0.15, -0.1) is 6.58 Å². The van der Waals surface area contributed by atoms with Gasteiger partial charge in [-0.25, -0.2) is 0 Å². The van der Waals surface area contributed by atoms with Crippen molar-refractivity contribution >= 4 is 14.3 Å². The molecule has 4 heteroatoms. The van der Waals surface area contributed by atoms with Crippen molar-refractivity contribution in [2.24, 2.45) is 0 Å². The molecule has 0 aliphatic carbocycles. The molecule has 17 heavy (non-hydrogen) atoms. The minimum Gasteiger partial charge on any atom is -0.469 e. The van der Waals surface area contributed by atoms with Crippen molar-refractivity contribution < 1.29 is 14.0 Å². The summed E-state index contributed by atoms with van der Waals surface area (Å²) in [5.74, 6) is -0.226. The van der Waals surface area contributed by atoms with Gasteiger partial charge in [0.05, 0.1) is 19.6 Å². The minimum absolute atomic E-state index is 0.110. The SMILES string of the molecule is C=CC[C@H](CC(=O)OC)O[Si](C)(C)C(C)(C)C. The van der Waals surface area contributed by atoms with Gasteiger partial charge in [-0.1, -0.05) is 26.8 Å². The molecule has 0 aromatic carbocycles. The molecule has 0 spiro atoms. The topological polar surface area (TPSA) is 35.5 Å².